The molecule has 46 heavy (non-hydrogen) atoms. The molecule has 0 radical (unpaired) electrons. The maximum atomic E-state index is 2.34. The van der Waals surface area contributed by atoms with Crippen LogP contribution in [0.3, 0.4) is 0 Å². The van der Waals surface area contributed by atoms with Gasteiger partial charge in [-0.15, -0.1) is 0 Å². The van der Waals surface area contributed by atoms with Crippen LogP contribution in [0.5, 0.6) is 0 Å². The van der Waals surface area contributed by atoms with Gasteiger partial charge in [0.15, 0.2) is 0 Å². The van der Waals surface area contributed by atoms with Gasteiger partial charge < -0.3 is 0 Å². The van der Waals surface area contributed by atoms with Crippen LogP contribution in [0.25, 0.3) is 45.6 Å². The lowest BCUT2D eigenvalue weighted by atomic mass is 9.89. The van der Waals surface area contributed by atoms with Crippen LogP contribution in [0, 0.1) is 0 Å². The molecule has 0 unspecified atom stereocenters. The van der Waals surface area contributed by atoms with E-state index < -0.39 is 0 Å². The summed E-state index contributed by atoms with van der Waals surface area (Å²) in [5.41, 5.74) is 14.3. The average Bonchev–Trinajstić information content (AvgIpc) is 3.15. The van der Waals surface area contributed by atoms with Crippen LogP contribution < -0.4 is 0 Å². The summed E-state index contributed by atoms with van der Waals surface area (Å²) < 4.78 is 0. The predicted octanol–water partition coefficient (Wildman–Crippen LogP) is 12.2. The van der Waals surface area contributed by atoms with E-state index in [0.717, 1.165) is 11.1 Å². The molecule has 0 spiro atoms. The van der Waals surface area contributed by atoms with Gasteiger partial charge in [0, 0.05) is 0 Å². The van der Waals surface area contributed by atoms with Gasteiger partial charge in [-0.1, -0.05) is 182 Å². The molecule has 0 bridgehead atoms. The lowest BCUT2D eigenvalue weighted by Crippen LogP contribution is -1.91. The molecule has 0 nitrogen and oxygen atoms in total. The Morgan fingerprint density at radius 1 is 0.283 bits per heavy atom. The Labute approximate surface area is 272 Å². The van der Waals surface area contributed by atoms with Crippen molar-refractivity contribution in [3.8, 4) is 22.3 Å². The van der Waals surface area contributed by atoms with Crippen LogP contribution in [0.15, 0.2) is 194 Å². The first-order valence-electron chi connectivity index (χ1n) is 15.8. The average molecular weight is 587 g/mol. The van der Waals surface area contributed by atoms with Gasteiger partial charge >= 0.3 is 0 Å². The van der Waals surface area contributed by atoms with Gasteiger partial charge in [-0.3, -0.25) is 0 Å². The second-order valence-corrected chi connectivity index (χ2v) is 11.4. The van der Waals surface area contributed by atoms with Gasteiger partial charge in [0.1, 0.15) is 0 Å². The maximum absolute atomic E-state index is 2.34. The summed E-state index contributed by atoms with van der Waals surface area (Å²) in [6, 6.07) is 69.0. The molecule has 0 heteroatoms. The molecule has 7 aromatic rings. The molecule has 0 N–H and O–H groups in total. The van der Waals surface area contributed by atoms with Crippen molar-refractivity contribution in [1.82, 2.24) is 0 Å². The third-order valence-electron chi connectivity index (χ3n) is 8.29. The molecule has 0 aliphatic rings. The quantitative estimate of drug-likeness (QED) is 0.155. The minimum absolute atomic E-state index is 1.16. The zero-order chi connectivity index (χ0) is 31.0. The van der Waals surface area contributed by atoms with Gasteiger partial charge in [-0.2, -0.15) is 0 Å². The molecular formula is C46H34. The number of hydrogen-bond donors (Lipinski definition) is 0. The zero-order valence-corrected chi connectivity index (χ0v) is 25.6. The molecule has 0 saturated heterocycles. The van der Waals surface area contributed by atoms with Gasteiger partial charge in [0.05, 0.1) is 0 Å². The van der Waals surface area contributed by atoms with E-state index >= 15 is 0 Å². The summed E-state index contributed by atoms with van der Waals surface area (Å²) >= 11 is 0. The van der Waals surface area contributed by atoms with Crippen molar-refractivity contribution >= 4 is 23.3 Å². The van der Waals surface area contributed by atoms with Crippen LogP contribution in [-0.4, -0.2) is 0 Å². The topological polar surface area (TPSA) is 0 Å². The Bertz CT molecular complexity index is 2010. The first-order valence-corrected chi connectivity index (χ1v) is 15.8. The van der Waals surface area contributed by atoms with Gasteiger partial charge in [0.2, 0.25) is 0 Å². The number of rotatable bonds is 8. The summed E-state index contributed by atoms with van der Waals surface area (Å²) in [4.78, 5) is 0. The van der Waals surface area contributed by atoms with Gasteiger partial charge in [-0.05, 0) is 91.1 Å². The molecule has 0 saturated carbocycles. The largest absolute Gasteiger partial charge is 0.0622 e. The van der Waals surface area contributed by atoms with Crippen molar-refractivity contribution in [2.45, 2.75) is 0 Å². The molecule has 0 atom stereocenters. The van der Waals surface area contributed by atoms with Crippen molar-refractivity contribution in [1.29, 1.82) is 0 Å². The van der Waals surface area contributed by atoms with Crippen LogP contribution in [-0.2, 0) is 0 Å². The van der Waals surface area contributed by atoms with Crippen molar-refractivity contribution in [3.63, 3.8) is 0 Å². The van der Waals surface area contributed by atoms with E-state index in [0.29, 0.717) is 0 Å². The molecule has 0 heterocycles. The maximum Gasteiger partial charge on any atom is -0.00992 e. The fourth-order valence-electron chi connectivity index (χ4n) is 6.03. The third kappa shape index (κ3) is 6.58. The number of benzene rings is 7. The summed E-state index contributed by atoms with van der Waals surface area (Å²) in [5, 5.41) is 0. The third-order valence-corrected chi connectivity index (χ3v) is 8.29. The SMILES string of the molecule is C(=C(c1ccccc1)c1ccccc1)c1cccc(-c2cc(C=C(c3ccccc3)c3ccccc3)ccc2-c2ccccc2)c1. The molecule has 0 amide bonds. The molecular weight excluding hydrogens is 553 g/mol. The van der Waals surface area contributed by atoms with E-state index in [1.54, 1.807) is 0 Å². The highest BCUT2D eigenvalue weighted by molar-refractivity contribution is 5.95. The van der Waals surface area contributed by atoms with Gasteiger partial charge in [0.25, 0.3) is 0 Å². The van der Waals surface area contributed by atoms with E-state index in [1.165, 1.54) is 55.7 Å². The molecule has 0 aliphatic carbocycles. The van der Waals surface area contributed by atoms with Crippen molar-refractivity contribution in [2.24, 2.45) is 0 Å². The lowest BCUT2D eigenvalue weighted by molar-refractivity contribution is 1.53. The highest BCUT2D eigenvalue weighted by atomic mass is 14.2. The molecule has 0 aromatic heterocycles. The molecule has 7 aromatic carbocycles. The lowest BCUT2D eigenvalue weighted by Gasteiger charge is -2.14. The normalized spacial score (nSPS) is 10.6. The number of hydrogen-bond acceptors (Lipinski definition) is 0. The van der Waals surface area contributed by atoms with Crippen molar-refractivity contribution in [2.75, 3.05) is 0 Å². The van der Waals surface area contributed by atoms with E-state index in [-0.39, 0.29) is 0 Å². The summed E-state index contributed by atoms with van der Waals surface area (Å²) in [7, 11) is 0. The monoisotopic (exact) mass is 586 g/mol. The van der Waals surface area contributed by atoms with Crippen LogP contribution in [0.4, 0.5) is 0 Å². The zero-order valence-electron chi connectivity index (χ0n) is 25.6. The Kier molecular flexibility index (Phi) is 8.61. The Balaban J connectivity index is 1.38. The van der Waals surface area contributed by atoms with Gasteiger partial charge in [-0.25, -0.2) is 0 Å². The highest BCUT2D eigenvalue weighted by Crippen LogP contribution is 2.36. The minimum Gasteiger partial charge on any atom is -0.0622 e. The van der Waals surface area contributed by atoms with E-state index in [1.807, 2.05) is 0 Å². The first-order chi connectivity index (χ1) is 22.8. The molecule has 218 valence electrons. The van der Waals surface area contributed by atoms with Crippen molar-refractivity contribution in [3.05, 3.63) is 228 Å². The fraction of sp³-hybridized carbons (Fsp3) is 0. The van der Waals surface area contributed by atoms with E-state index in [2.05, 4.69) is 206 Å². The van der Waals surface area contributed by atoms with Crippen LogP contribution in [0.2, 0.25) is 0 Å². The van der Waals surface area contributed by atoms with E-state index in [4.69, 9.17) is 0 Å². The molecule has 0 aliphatic heterocycles. The van der Waals surface area contributed by atoms with Crippen molar-refractivity contribution < 1.29 is 0 Å². The summed E-state index contributed by atoms with van der Waals surface area (Å²) in [6.45, 7) is 0. The highest BCUT2D eigenvalue weighted by Gasteiger charge is 2.12. The second kappa shape index (κ2) is 13.8. The van der Waals surface area contributed by atoms with Crippen LogP contribution >= 0.6 is 0 Å². The Morgan fingerprint density at radius 2 is 0.674 bits per heavy atom. The Morgan fingerprint density at radius 3 is 1.13 bits per heavy atom. The minimum atomic E-state index is 1.16. The predicted molar refractivity (Wildman–Crippen MR) is 197 cm³/mol. The van der Waals surface area contributed by atoms with E-state index in [9.17, 15) is 0 Å². The van der Waals surface area contributed by atoms with Crippen LogP contribution in [0.1, 0.15) is 33.4 Å². The molecule has 0 fully saturated rings. The smallest absolute Gasteiger partial charge is 0.00992 e. The summed E-state index contributed by atoms with van der Waals surface area (Å²) in [5.74, 6) is 0. The Hall–Kier alpha value is -5.98. The summed E-state index contributed by atoms with van der Waals surface area (Å²) in [6.07, 6.45) is 4.62. The fourth-order valence-corrected chi connectivity index (χ4v) is 6.03. The first kappa shape index (κ1) is 28.8. The molecule has 7 rings (SSSR count). The standard InChI is InChI=1S/C46H34/c1-6-18-37(19-7-1)43-30-29-36(33-45(40-24-12-4-13-25-40)41-26-14-5-15-27-41)34-46(43)42-28-16-17-35(31-42)32-44(38-20-8-2-9-21-38)39-22-10-3-11-23-39/h1-34H. The second-order valence-electron chi connectivity index (χ2n) is 11.4.